The van der Waals surface area contributed by atoms with Gasteiger partial charge in [0, 0.05) is 26.9 Å². The zero-order chi connectivity index (χ0) is 29.4. The molecule has 0 saturated heterocycles. The van der Waals surface area contributed by atoms with E-state index in [1.54, 1.807) is 66.7 Å². The molecular weight excluding hydrogens is 554 g/mol. The fourth-order valence-corrected chi connectivity index (χ4v) is 4.91. The highest BCUT2D eigenvalue weighted by Gasteiger charge is 2.17. The van der Waals surface area contributed by atoms with Gasteiger partial charge in [-0.05, 0) is 104 Å². The van der Waals surface area contributed by atoms with Crippen molar-refractivity contribution in [2.24, 2.45) is 0 Å². The number of carbonyl (C=O) groups is 3. The molecule has 1 atom stereocenters. The molecule has 4 rings (SSSR count). The molecule has 0 saturated carbocycles. The van der Waals surface area contributed by atoms with Crippen molar-refractivity contribution >= 4 is 58.5 Å². The average Bonchev–Trinajstić information content (AvgIpc) is 2.96. The Hall–Kier alpha value is -4.33. The van der Waals surface area contributed by atoms with Gasteiger partial charge in [-0.2, -0.15) is 0 Å². The second-order valence-electron chi connectivity index (χ2n) is 9.46. The van der Waals surface area contributed by atoms with Crippen LogP contribution < -0.4 is 16.0 Å². The Kier molecular flexibility index (Phi) is 10.0. The van der Waals surface area contributed by atoms with E-state index in [9.17, 15) is 14.4 Å². The first-order chi connectivity index (χ1) is 19.7. The first kappa shape index (κ1) is 29.6. The molecule has 0 radical (unpaired) electrons. The number of anilines is 2. The Morgan fingerprint density at radius 1 is 0.780 bits per heavy atom. The number of amides is 3. The van der Waals surface area contributed by atoms with Crippen molar-refractivity contribution in [3.63, 3.8) is 0 Å². The summed E-state index contributed by atoms with van der Waals surface area (Å²) in [6.45, 7) is 5.89. The summed E-state index contributed by atoms with van der Waals surface area (Å²) in [5.41, 5.74) is 4.75. The van der Waals surface area contributed by atoms with Crippen molar-refractivity contribution in [2.45, 2.75) is 30.9 Å². The first-order valence-corrected chi connectivity index (χ1v) is 14.2. The molecule has 0 aliphatic carbocycles. The van der Waals surface area contributed by atoms with Crippen LogP contribution in [0.1, 0.15) is 34.0 Å². The minimum Gasteiger partial charge on any atom is -0.325 e. The third-order valence-corrected chi connectivity index (χ3v) is 7.60. The number of nitrogens with one attached hydrogen (secondary N) is 3. The zero-order valence-electron chi connectivity index (χ0n) is 22.9. The van der Waals surface area contributed by atoms with Crippen molar-refractivity contribution in [3.05, 3.63) is 130 Å². The van der Waals surface area contributed by atoms with Gasteiger partial charge in [0.25, 0.3) is 11.8 Å². The van der Waals surface area contributed by atoms with Crippen LogP contribution in [-0.2, 0) is 9.59 Å². The molecule has 8 heteroatoms. The van der Waals surface area contributed by atoms with Crippen molar-refractivity contribution in [2.75, 3.05) is 10.6 Å². The maximum Gasteiger partial charge on any atom is 0.272 e. The van der Waals surface area contributed by atoms with Crippen LogP contribution in [0.15, 0.2) is 108 Å². The summed E-state index contributed by atoms with van der Waals surface area (Å²) in [7, 11) is 0. The predicted octanol–water partition coefficient (Wildman–Crippen LogP) is 7.49. The van der Waals surface area contributed by atoms with Gasteiger partial charge in [0.05, 0.1) is 5.25 Å². The highest BCUT2D eigenvalue weighted by atomic mass is 35.5. The second kappa shape index (κ2) is 13.8. The molecule has 0 aliphatic rings. The number of rotatable bonds is 9. The normalized spacial score (nSPS) is 11.9. The van der Waals surface area contributed by atoms with Gasteiger partial charge in [-0.1, -0.05) is 48.0 Å². The molecule has 0 spiro atoms. The molecule has 0 fully saturated rings. The highest BCUT2D eigenvalue weighted by Crippen LogP contribution is 2.26. The number of carbonyl (C=O) groups excluding carboxylic acids is 3. The lowest BCUT2D eigenvalue weighted by Gasteiger charge is -2.14. The van der Waals surface area contributed by atoms with Crippen LogP contribution in [0.4, 0.5) is 11.4 Å². The molecule has 41 heavy (non-hydrogen) atoms. The van der Waals surface area contributed by atoms with Crippen LogP contribution in [0.5, 0.6) is 0 Å². The van der Waals surface area contributed by atoms with Crippen molar-refractivity contribution in [1.29, 1.82) is 0 Å². The Bertz CT molecular complexity index is 1590. The third kappa shape index (κ3) is 8.58. The number of halogens is 1. The van der Waals surface area contributed by atoms with Gasteiger partial charge in [-0.15, -0.1) is 11.8 Å². The fraction of sp³-hybridized carbons (Fsp3) is 0.121. The summed E-state index contributed by atoms with van der Waals surface area (Å²) in [6.07, 6.45) is 1.57. The Morgan fingerprint density at radius 3 is 2.17 bits per heavy atom. The number of thioether (sulfide) groups is 1. The Morgan fingerprint density at radius 2 is 1.49 bits per heavy atom. The number of hydrogen-bond acceptors (Lipinski definition) is 4. The van der Waals surface area contributed by atoms with E-state index in [0.717, 1.165) is 16.1 Å². The quantitative estimate of drug-likeness (QED) is 0.141. The number of aryl methyl sites for hydroxylation is 2. The van der Waals surface area contributed by atoms with Crippen LogP contribution in [0.3, 0.4) is 0 Å². The van der Waals surface area contributed by atoms with Gasteiger partial charge in [0.15, 0.2) is 0 Å². The fourth-order valence-electron chi connectivity index (χ4n) is 3.84. The third-order valence-electron chi connectivity index (χ3n) is 6.26. The molecule has 0 heterocycles. The molecule has 0 aromatic heterocycles. The van der Waals surface area contributed by atoms with Gasteiger partial charge in [0.1, 0.15) is 5.70 Å². The van der Waals surface area contributed by atoms with Crippen LogP contribution >= 0.6 is 23.4 Å². The first-order valence-electron chi connectivity index (χ1n) is 13.0. The molecule has 4 aromatic carbocycles. The summed E-state index contributed by atoms with van der Waals surface area (Å²) in [5.74, 6) is -0.995. The topological polar surface area (TPSA) is 87.3 Å². The predicted molar refractivity (Wildman–Crippen MR) is 168 cm³/mol. The average molecular weight is 584 g/mol. The molecule has 6 nitrogen and oxygen atoms in total. The van der Waals surface area contributed by atoms with Crippen LogP contribution in [0.2, 0.25) is 5.02 Å². The van der Waals surface area contributed by atoms with Crippen molar-refractivity contribution in [3.8, 4) is 0 Å². The minimum absolute atomic E-state index is 0.0659. The summed E-state index contributed by atoms with van der Waals surface area (Å²) < 4.78 is 0. The van der Waals surface area contributed by atoms with E-state index in [0.29, 0.717) is 21.8 Å². The minimum atomic E-state index is -0.490. The molecule has 1 unspecified atom stereocenters. The lowest BCUT2D eigenvalue weighted by molar-refractivity contribution is -0.115. The van der Waals surface area contributed by atoms with E-state index in [-0.39, 0.29) is 16.9 Å². The van der Waals surface area contributed by atoms with Gasteiger partial charge in [0.2, 0.25) is 5.91 Å². The zero-order valence-corrected chi connectivity index (χ0v) is 24.5. The monoisotopic (exact) mass is 583 g/mol. The maximum atomic E-state index is 13.3. The van der Waals surface area contributed by atoms with E-state index in [1.807, 2.05) is 57.2 Å². The standard InChI is InChI=1S/C33H30ClN3O3S/c1-21-12-13-28(18-22(21)2)36-31(38)23(3)41-29-16-14-27(15-17-29)35-33(40)30(20-24-8-7-11-26(34)19-24)37-32(39)25-9-5-4-6-10-25/h4-20,23H,1-3H3,(H,35,40)(H,36,38)(H,37,39)/b30-20-. The van der Waals surface area contributed by atoms with Crippen LogP contribution in [0.25, 0.3) is 6.08 Å². The molecule has 3 amide bonds. The largest absolute Gasteiger partial charge is 0.325 e. The smallest absolute Gasteiger partial charge is 0.272 e. The maximum absolute atomic E-state index is 13.3. The number of hydrogen-bond donors (Lipinski definition) is 3. The summed E-state index contributed by atoms with van der Waals surface area (Å²) in [6, 6.07) is 28.7. The van der Waals surface area contributed by atoms with Gasteiger partial charge >= 0.3 is 0 Å². The Balaban J connectivity index is 1.42. The SMILES string of the molecule is Cc1ccc(NC(=O)C(C)Sc2ccc(NC(=O)/C(=C/c3cccc(Cl)c3)NC(=O)c3ccccc3)cc2)cc1C. The van der Waals surface area contributed by atoms with E-state index in [4.69, 9.17) is 11.6 Å². The number of benzene rings is 4. The molecular formula is C33H30ClN3O3S. The summed E-state index contributed by atoms with van der Waals surface area (Å²) in [4.78, 5) is 39.7. The molecule has 0 aliphatic heterocycles. The van der Waals surface area contributed by atoms with Gasteiger partial charge in [-0.25, -0.2) is 0 Å². The highest BCUT2D eigenvalue weighted by molar-refractivity contribution is 8.00. The van der Waals surface area contributed by atoms with Crippen molar-refractivity contribution in [1.82, 2.24) is 5.32 Å². The van der Waals surface area contributed by atoms with Crippen molar-refractivity contribution < 1.29 is 14.4 Å². The van der Waals surface area contributed by atoms with E-state index >= 15 is 0 Å². The molecule has 0 bridgehead atoms. The van der Waals surface area contributed by atoms with Crippen LogP contribution in [0, 0.1) is 13.8 Å². The van der Waals surface area contributed by atoms with E-state index < -0.39 is 11.8 Å². The van der Waals surface area contributed by atoms with Gasteiger partial charge in [-0.3, -0.25) is 14.4 Å². The van der Waals surface area contributed by atoms with E-state index in [2.05, 4.69) is 16.0 Å². The van der Waals surface area contributed by atoms with E-state index in [1.165, 1.54) is 17.3 Å². The second-order valence-corrected chi connectivity index (χ2v) is 11.3. The lowest BCUT2D eigenvalue weighted by atomic mass is 10.1. The molecule has 3 N–H and O–H groups in total. The molecule has 208 valence electrons. The van der Waals surface area contributed by atoms with Gasteiger partial charge < -0.3 is 16.0 Å². The van der Waals surface area contributed by atoms with Crippen LogP contribution in [-0.4, -0.2) is 23.0 Å². The summed E-state index contributed by atoms with van der Waals surface area (Å²) in [5, 5.41) is 8.69. The summed E-state index contributed by atoms with van der Waals surface area (Å²) >= 11 is 7.53. The molecule has 4 aromatic rings. The lowest BCUT2D eigenvalue weighted by Crippen LogP contribution is -2.30. The Labute approximate surface area is 249 Å².